The molecule has 1 aliphatic rings. The van der Waals surface area contributed by atoms with Gasteiger partial charge in [0.2, 0.25) is 0 Å². The molecule has 0 unspecified atom stereocenters. The number of hydrazine groups is 1. The lowest BCUT2D eigenvalue weighted by Crippen LogP contribution is -2.20. The predicted molar refractivity (Wildman–Crippen MR) is 103 cm³/mol. The van der Waals surface area contributed by atoms with Gasteiger partial charge in [-0.3, -0.25) is 10.2 Å². The molecule has 4 rings (SSSR count). The van der Waals surface area contributed by atoms with E-state index in [9.17, 15) is 4.79 Å². The first-order chi connectivity index (χ1) is 12.7. The second kappa shape index (κ2) is 6.68. The van der Waals surface area contributed by atoms with Crippen molar-refractivity contribution in [3.05, 3.63) is 77.5 Å². The molecule has 0 saturated carbocycles. The van der Waals surface area contributed by atoms with Crippen molar-refractivity contribution in [2.75, 3.05) is 10.7 Å². The maximum absolute atomic E-state index is 12.6. The summed E-state index contributed by atoms with van der Waals surface area (Å²) in [4.78, 5) is 16.8. The molecule has 2 heterocycles. The molecule has 3 aromatic rings. The normalized spacial score (nSPS) is 11.9. The Morgan fingerprint density at radius 3 is 2.81 bits per heavy atom. The molecule has 0 radical (unpaired) electrons. The highest BCUT2D eigenvalue weighted by Gasteiger charge is 2.11. The minimum absolute atomic E-state index is 0.182. The van der Waals surface area contributed by atoms with Crippen molar-refractivity contribution in [3.8, 4) is 11.1 Å². The molecule has 128 valence electrons. The van der Waals surface area contributed by atoms with E-state index in [-0.39, 0.29) is 5.91 Å². The van der Waals surface area contributed by atoms with Gasteiger partial charge in [-0.1, -0.05) is 30.3 Å². The summed E-state index contributed by atoms with van der Waals surface area (Å²) in [5.74, 6) is 0.393. The first kappa shape index (κ1) is 15.8. The highest BCUT2D eigenvalue weighted by molar-refractivity contribution is 6.04. The van der Waals surface area contributed by atoms with E-state index in [1.165, 1.54) is 0 Å². The number of rotatable bonds is 3. The van der Waals surface area contributed by atoms with Gasteiger partial charge in [-0.2, -0.15) is 5.10 Å². The van der Waals surface area contributed by atoms with Crippen LogP contribution in [0.2, 0.25) is 0 Å². The van der Waals surface area contributed by atoms with Gasteiger partial charge in [-0.15, -0.1) is 0 Å². The number of amides is 1. The van der Waals surface area contributed by atoms with Gasteiger partial charge in [0.25, 0.3) is 5.91 Å². The molecule has 26 heavy (non-hydrogen) atoms. The summed E-state index contributed by atoms with van der Waals surface area (Å²) >= 11 is 0. The predicted octanol–water partition coefficient (Wildman–Crippen LogP) is 3.57. The molecule has 0 spiro atoms. The number of nitrogens with zero attached hydrogens (tertiary/aromatic N) is 2. The third kappa shape index (κ3) is 3.12. The van der Waals surface area contributed by atoms with Gasteiger partial charge in [0.05, 0.1) is 11.9 Å². The van der Waals surface area contributed by atoms with E-state index in [4.69, 9.17) is 0 Å². The number of carbonyl (C=O) groups excluding carboxylic acids is 1. The largest absolute Gasteiger partial charge is 0.306 e. The van der Waals surface area contributed by atoms with Crippen LogP contribution in [0.25, 0.3) is 11.1 Å². The van der Waals surface area contributed by atoms with E-state index >= 15 is 0 Å². The van der Waals surface area contributed by atoms with Crippen LogP contribution in [0.1, 0.15) is 21.5 Å². The average Bonchev–Trinajstić information content (AvgIpc) is 2.69. The molecule has 0 aliphatic carbocycles. The van der Waals surface area contributed by atoms with Crippen LogP contribution in [0.15, 0.2) is 65.9 Å². The van der Waals surface area contributed by atoms with Gasteiger partial charge in [-0.05, 0) is 47.9 Å². The zero-order valence-corrected chi connectivity index (χ0v) is 14.2. The Morgan fingerprint density at radius 1 is 1.04 bits per heavy atom. The lowest BCUT2D eigenvalue weighted by atomic mass is 10.0. The van der Waals surface area contributed by atoms with E-state index in [1.807, 2.05) is 55.5 Å². The van der Waals surface area contributed by atoms with Crippen LogP contribution in [-0.2, 0) is 0 Å². The highest BCUT2D eigenvalue weighted by atomic mass is 16.1. The monoisotopic (exact) mass is 343 g/mol. The molecule has 6 nitrogen and oxygen atoms in total. The first-order valence-corrected chi connectivity index (χ1v) is 8.22. The summed E-state index contributed by atoms with van der Waals surface area (Å²) in [6.45, 7) is 1.91. The van der Waals surface area contributed by atoms with Crippen molar-refractivity contribution in [1.82, 2.24) is 10.5 Å². The molecule has 0 bridgehead atoms. The number of aryl methyl sites for hydroxylation is 1. The Bertz CT molecular complexity index is 1010. The molecule has 0 saturated heterocycles. The van der Waals surface area contributed by atoms with Gasteiger partial charge in [-0.25, -0.2) is 10.5 Å². The second-order valence-corrected chi connectivity index (χ2v) is 6.00. The van der Waals surface area contributed by atoms with E-state index in [0.29, 0.717) is 11.4 Å². The summed E-state index contributed by atoms with van der Waals surface area (Å²) in [5, 5.41) is 6.83. The van der Waals surface area contributed by atoms with Crippen LogP contribution >= 0.6 is 0 Å². The molecule has 1 amide bonds. The van der Waals surface area contributed by atoms with E-state index < -0.39 is 0 Å². The van der Waals surface area contributed by atoms with Crippen LogP contribution in [0.4, 0.5) is 11.5 Å². The third-order valence-corrected chi connectivity index (χ3v) is 4.21. The van der Waals surface area contributed by atoms with Crippen molar-refractivity contribution in [3.63, 3.8) is 0 Å². The summed E-state index contributed by atoms with van der Waals surface area (Å²) in [6, 6.07) is 17.3. The summed E-state index contributed by atoms with van der Waals surface area (Å²) in [7, 11) is 0. The molecule has 0 fully saturated rings. The zero-order valence-electron chi connectivity index (χ0n) is 14.2. The molecular weight excluding hydrogens is 326 g/mol. The average molecular weight is 343 g/mol. The lowest BCUT2D eigenvalue weighted by Gasteiger charge is -2.15. The molecule has 3 N–H and O–H groups in total. The number of fused-ring (bicyclic) bond motifs is 1. The fraction of sp³-hybridized carbons (Fsp3) is 0.0500. The molecule has 0 atom stereocenters. The quantitative estimate of drug-likeness (QED) is 0.679. The van der Waals surface area contributed by atoms with Crippen molar-refractivity contribution >= 4 is 23.6 Å². The van der Waals surface area contributed by atoms with Crippen LogP contribution in [0, 0.1) is 6.92 Å². The number of pyridine rings is 1. The maximum Gasteiger partial charge on any atom is 0.256 e. The first-order valence-electron chi connectivity index (χ1n) is 8.22. The van der Waals surface area contributed by atoms with E-state index in [0.717, 1.165) is 27.9 Å². The van der Waals surface area contributed by atoms with Crippen LogP contribution in [-0.4, -0.2) is 17.1 Å². The minimum atomic E-state index is -0.182. The van der Waals surface area contributed by atoms with Crippen LogP contribution in [0.3, 0.4) is 0 Å². The Morgan fingerprint density at radius 2 is 1.92 bits per heavy atom. The molecule has 1 aliphatic heterocycles. The minimum Gasteiger partial charge on any atom is -0.306 e. The Balaban J connectivity index is 1.62. The number of carbonyl (C=O) groups is 1. The van der Waals surface area contributed by atoms with Crippen molar-refractivity contribution in [1.29, 1.82) is 0 Å². The summed E-state index contributed by atoms with van der Waals surface area (Å²) in [6.07, 6.45) is 3.42. The SMILES string of the molecule is Cc1cccnc1NC(=O)c1cccc(-c2ccc3c(c2)NNN=C3)c1. The maximum atomic E-state index is 12.6. The number of hydrazone groups is 1. The Hall–Kier alpha value is -3.67. The zero-order chi connectivity index (χ0) is 17.9. The van der Waals surface area contributed by atoms with E-state index in [2.05, 4.69) is 26.4 Å². The molecular formula is C20H17N5O. The Kier molecular flexibility index (Phi) is 4.07. The lowest BCUT2D eigenvalue weighted by molar-refractivity contribution is 0.102. The molecule has 2 aromatic carbocycles. The molecule has 6 heteroatoms. The molecule has 1 aromatic heterocycles. The summed E-state index contributed by atoms with van der Waals surface area (Å²) < 4.78 is 0. The van der Waals surface area contributed by atoms with E-state index in [1.54, 1.807) is 18.5 Å². The van der Waals surface area contributed by atoms with Crippen molar-refractivity contribution in [2.45, 2.75) is 6.92 Å². The fourth-order valence-electron chi connectivity index (χ4n) is 2.79. The number of aromatic nitrogens is 1. The third-order valence-electron chi connectivity index (χ3n) is 4.21. The number of anilines is 2. The van der Waals surface area contributed by atoms with Gasteiger partial charge >= 0.3 is 0 Å². The Labute approximate surface area is 151 Å². The highest BCUT2D eigenvalue weighted by Crippen LogP contribution is 2.26. The van der Waals surface area contributed by atoms with Crippen LogP contribution < -0.4 is 16.3 Å². The van der Waals surface area contributed by atoms with Crippen molar-refractivity contribution in [2.24, 2.45) is 5.10 Å². The number of benzene rings is 2. The summed E-state index contributed by atoms with van der Waals surface area (Å²) in [5.41, 5.74) is 11.2. The fourth-order valence-corrected chi connectivity index (χ4v) is 2.79. The smallest absolute Gasteiger partial charge is 0.256 e. The van der Waals surface area contributed by atoms with Gasteiger partial charge in [0, 0.05) is 17.3 Å². The standard InChI is InChI=1S/C20H17N5O/c1-13-4-3-9-21-19(13)23-20(26)16-6-2-5-14(10-16)15-7-8-17-12-22-25-24-18(17)11-15/h2-12,24-25H,1H3,(H,21,23,26). The number of nitrogens with one attached hydrogen (secondary N) is 3. The second-order valence-electron chi connectivity index (χ2n) is 6.00. The number of hydrogen-bond acceptors (Lipinski definition) is 5. The number of hydrogen-bond donors (Lipinski definition) is 3. The van der Waals surface area contributed by atoms with Gasteiger partial charge < -0.3 is 5.32 Å². The van der Waals surface area contributed by atoms with Crippen molar-refractivity contribution < 1.29 is 4.79 Å². The van der Waals surface area contributed by atoms with Gasteiger partial charge in [0.15, 0.2) is 0 Å². The topological polar surface area (TPSA) is 78.4 Å². The van der Waals surface area contributed by atoms with Gasteiger partial charge in [0.1, 0.15) is 5.82 Å². The van der Waals surface area contributed by atoms with Crippen LogP contribution in [0.5, 0.6) is 0 Å².